The average Bonchev–Trinajstić information content (AvgIpc) is 3.07. The van der Waals surface area contributed by atoms with Crippen molar-refractivity contribution in [3.63, 3.8) is 0 Å². The molecule has 2 aromatic rings. The fourth-order valence-electron chi connectivity index (χ4n) is 2.81. The van der Waals surface area contributed by atoms with Crippen molar-refractivity contribution in [3.05, 3.63) is 65.7 Å². The number of nitrogens with zero attached hydrogens (tertiary/aromatic N) is 1. The summed E-state index contributed by atoms with van der Waals surface area (Å²) < 4.78 is 5.29. The van der Waals surface area contributed by atoms with Gasteiger partial charge in [0.2, 0.25) is 0 Å². The van der Waals surface area contributed by atoms with Crippen LogP contribution in [0.1, 0.15) is 17.5 Å². The quantitative estimate of drug-likeness (QED) is 0.790. The lowest BCUT2D eigenvalue weighted by molar-refractivity contribution is -0.143. The fraction of sp³-hybridized carbons (Fsp3) is 0.300. The van der Waals surface area contributed by atoms with E-state index in [2.05, 4.69) is 5.32 Å². The van der Waals surface area contributed by atoms with E-state index in [1.165, 1.54) is 0 Å². The van der Waals surface area contributed by atoms with Gasteiger partial charge in [-0.15, -0.1) is 0 Å². The van der Waals surface area contributed by atoms with Crippen LogP contribution in [0.15, 0.2) is 54.6 Å². The van der Waals surface area contributed by atoms with Crippen LogP contribution in [-0.4, -0.2) is 31.7 Å². The van der Waals surface area contributed by atoms with E-state index in [4.69, 9.17) is 4.74 Å². The molecule has 5 nitrogen and oxygen atoms in total. The highest BCUT2D eigenvalue weighted by atomic mass is 16.5. The SMILES string of the molecule is O=C(CCc1ccc(N2CCNC2=O)cc1)OCCc1ccccc1. The van der Waals surface area contributed by atoms with Crippen molar-refractivity contribution in [2.75, 3.05) is 24.6 Å². The molecular weight excluding hydrogens is 316 g/mol. The monoisotopic (exact) mass is 338 g/mol. The Bertz CT molecular complexity index is 713. The van der Waals surface area contributed by atoms with Gasteiger partial charge < -0.3 is 10.1 Å². The lowest BCUT2D eigenvalue weighted by atomic mass is 10.1. The molecule has 1 aliphatic heterocycles. The summed E-state index contributed by atoms with van der Waals surface area (Å²) >= 11 is 0. The molecule has 1 aliphatic rings. The number of urea groups is 1. The van der Waals surface area contributed by atoms with Crippen LogP contribution in [0.25, 0.3) is 0 Å². The molecule has 0 saturated carbocycles. The van der Waals surface area contributed by atoms with Crippen molar-refractivity contribution in [3.8, 4) is 0 Å². The summed E-state index contributed by atoms with van der Waals surface area (Å²) in [7, 11) is 0. The number of benzene rings is 2. The molecule has 0 atom stereocenters. The van der Waals surface area contributed by atoms with E-state index in [0.29, 0.717) is 32.5 Å². The maximum Gasteiger partial charge on any atom is 0.321 e. The van der Waals surface area contributed by atoms with Crippen LogP contribution in [0.3, 0.4) is 0 Å². The van der Waals surface area contributed by atoms with Gasteiger partial charge in [0.25, 0.3) is 0 Å². The van der Waals surface area contributed by atoms with Gasteiger partial charge in [-0.25, -0.2) is 4.79 Å². The van der Waals surface area contributed by atoms with Gasteiger partial charge in [0, 0.05) is 31.6 Å². The van der Waals surface area contributed by atoms with Crippen molar-refractivity contribution in [2.24, 2.45) is 0 Å². The molecule has 1 fully saturated rings. The van der Waals surface area contributed by atoms with E-state index in [1.807, 2.05) is 54.6 Å². The van der Waals surface area contributed by atoms with Gasteiger partial charge in [-0.2, -0.15) is 0 Å². The molecule has 2 aromatic carbocycles. The molecule has 1 heterocycles. The van der Waals surface area contributed by atoms with Gasteiger partial charge in [0.05, 0.1) is 6.61 Å². The summed E-state index contributed by atoms with van der Waals surface area (Å²) in [5.41, 5.74) is 3.10. The highest BCUT2D eigenvalue weighted by Gasteiger charge is 2.20. The van der Waals surface area contributed by atoms with Crippen LogP contribution < -0.4 is 10.2 Å². The van der Waals surface area contributed by atoms with Crippen LogP contribution in [0.2, 0.25) is 0 Å². The maximum atomic E-state index is 11.8. The molecule has 1 N–H and O–H groups in total. The highest BCUT2D eigenvalue weighted by Crippen LogP contribution is 2.18. The molecule has 0 bridgehead atoms. The smallest absolute Gasteiger partial charge is 0.321 e. The number of rotatable bonds is 7. The first-order valence-corrected chi connectivity index (χ1v) is 8.56. The molecular formula is C20H22N2O3. The van der Waals surface area contributed by atoms with Gasteiger partial charge in [-0.05, 0) is 29.7 Å². The Morgan fingerprint density at radius 3 is 2.40 bits per heavy atom. The zero-order chi connectivity index (χ0) is 17.5. The first-order chi connectivity index (χ1) is 12.2. The average molecular weight is 338 g/mol. The standard InChI is InChI=1S/C20H22N2O3/c23-19(25-15-12-16-4-2-1-3-5-16)11-8-17-6-9-18(10-7-17)22-14-13-21-20(22)24/h1-7,9-10H,8,11-15H2,(H,21,24). The first-order valence-electron chi connectivity index (χ1n) is 8.56. The third kappa shape index (κ3) is 4.83. The Labute approximate surface area is 147 Å². The van der Waals surface area contributed by atoms with E-state index in [9.17, 15) is 9.59 Å². The van der Waals surface area contributed by atoms with Gasteiger partial charge in [-0.1, -0.05) is 42.5 Å². The fourth-order valence-corrected chi connectivity index (χ4v) is 2.81. The Morgan fingerprint density at radius 1 is 1.00 bits per heavy atom. The normalized spacial score (nSPS) is 13.6. The molecule has 0 aliphatic carbocycles. The van der Waals surface area contributed by atoms with E-state index in [-0.39, 0.29) is 12.0 Å². The van der Waals surface area contributed by atoms with Crippen molar-refractivity contribution in [2.45, 2.75) is 19.3 Å². The molecule has 2 amide bonds. The number of hydrogen-bond donors (Lipinski definition) is 1. The van der Waals surface area contributed by atoms with Crippen LogP contribution in [0.5, 0.6) is 0 Å². The molecule has 5 heteroatoms. The molecule has 25 heavy (non-hydrogen) atoms. The molecule has 0 radical (unpaired) electrons. The largest absolute Gasteiger partial charge is 0.465 e. The van der Waals surface area contributed by atoms with E-state index in [0.717, 1.165) is 23.2 Å². The molecule has 0 unspecified atom stereocenters. The number of esters is 1. The van der Waals surface area contributed by atoms with Crippen molar-refractivity contribution in [1.29, 1.82) is 0 Å². The maximum absolute atomic E-state index is 11.8. The predicted molar refractivity (Wildman–Crippen MR) is 96.6 cm³/mol. The molecule has 1 saturated heterocycles. The minimum Gasteiger partial charge on any atom is -0.465 e. The Morgan fingerprint density at radius 2 is 1.72 bits per heavy atom. The summed E-state index contributed by atoms with van der Waals surface area (Å²) in [5, 5.41) is 2.78. The summed E-state index contributed by atoms with van der Waals surface area (Å²) in [4.78, 5) is 25.2. The predicted octanol–water partition coefficient (Wildman–Crippen LogP) is 2.93. The molecule has 0 spiro atoms. The first kappa shape index (κ1) is 17.0. The van der Waals surface area contributed by atoms with E-state index < -0.39 is 0 Å². The van der Waals surface area contributed by atoms with Gasteiger partial charge in [-0.3, -0.25) is 9.69 Å². The summed E-state index contributed by atoms with van der Waals surface area (Å²) in [6.07, 6.45) is 1.73. The zero-order valence-electron chi connectivity index (χ0n) is 14.1. The van der Waals surface area contributed by atoms with Crippen molar-refractivity contribution in [1.82, 2.24) is 5.32 Å². The number of amides is 2. The van der Waals surface area contributed by atoms with Crippen LogP contribution in [0.4, 0.5) is 10.5 Å². The summed E-state index contributed by atoms with van der Waals surface area (Å²) in [6, 6.07) is 17.7. The number of aryl methyl sites for hydroxylation is 1. The topological polar surface area (TPSA) is 58.6 Å². The Kier molecular flexibility index (Phi) is 5.67. The third-order valence-electron chi connectivity index (χ3n) is 4.22. The summed E-state index contributed by atoms with van der Waals surface area (Å²) in [6.45, 7) is 1.77. The van der Waals surface area contributed by atoms with Gasteiger partial charge >= 0.3 is 12.0 Å². The number of hydrogen-bond acceptors (Lipinski definition) is 3. The number of ether oxygens (including phenoxy) is 1. The second-order valence-corrected chi connectivity index (χ2v) is 6.01. The minimum absolute atomic E-state index is 0.0604. The van der Waals surface area contributed by atoms with Crippen LogP contribution in [0, 0.1) is 0 Å². The second-order valence-electron chi connectivity index (χ2n) is 6.01. The lowest BCUT2D eigenvalue weighted by Crippen LogP contribution is -2.27. The number of carbonyl (C=O) groups excluding carboxylic acids is 2. The summed E-state index contributed by atoms with van der Waals surface area (Å²) in [5.74, 6) is -0.182. The third-order valence-corrected chi connectivity index (χ3v) is 4.22. The van der Waals surface area contributed by atoms with E-state index in [1.54, 1.807) is 4.90 Å². The molecule has 3 rings (SSSR count). The minimum atomic E-state index is -0.182. The van der Waals surface area contributed by atoms with Gasteiger partial charge in [0.15, 0.2) is 0 Å². The van der Waals surface area contributed by atoms with Crippen LogP contribution >= 0.6 is 0 Å². The zero-order valence-corrected chi connectivity index (χ0v) is 14.1. The number of carbonyl (C=O) groups is 2. The second kappa shape index (κ2) is 8.33. The number of nitrogens with one attached hydrogen (secondary N) is 1. The Balaban J connectivity index is 1.40. The van der Waals surface area contributed by atoms with Crippen molar-refractivity contribution >= 4 is 17.7 Å². The van der Waals surface area contributed by atoms with Crippen molar-refractivity contribution < 1.29 is 14.3 Å². The van der Waals surface area contributed by atoms with Crippen LogP contribution in [-0.2, 0) is 22.4 Å². The lowest BCUT2D eigenvalue weighted by Gasteiger charge is -2.14. The van der Waals surface area contributed by atoms with Gasteiger partial charge in [0.1, 0.15) is 0 Å². The molecule has 0 aromatic heterocycles. The Hall–Kier alpha value is -2.82. The molecule has 130 valence electrons. The highest BCUT2D eigenvalue weighted by molar-refractivity contribution is 5.93. The van der Waals surface area contributed by atoms with E-state index >= 15 is 0 Å². The number of anilines is 1.